The number of amides is 1. The molecule has 1 saturated heterocycles. The molecule has 21 heavy (non-hydrogen) atoms. The lowest BCUT2D eigenvalue weighted by atomic mass is 10.1. The van der Waals surface area contributed by atoms with Gasteiger partial charge in [0.25, 0.3) is 0 Å². The summed E-state index contributed by atoms with van der Waals surface area (Å²) in [6.45, 7) is 2.32. The van der Waals surface area contributed by atoms with Crippen LogP contribution in [0.25, 0.3) is 0 Å². The molecule has 1 fully saturated rings. The summed E-state index contributed by atoms with van der Waals surface area (Å²) < 4.78 is 5.05. The summed E-state index contributed by atoms with van der Waals surface area (Å²) >= 11 is 0. The molecule has 0 aromatic carbocycles. The number of carbonyl (C=O) groups is 1. The first-order valence-corrected chi connectivity index (χ1v) is 7.29. The second-order valence-corrected chi connectivity index (χ2v) is 5.03. The van der Waals surface area contributed by atoms with Crippen LogP contribution in [0.4, 0.5) is 11.6 Å². The minimum absolute atomic E-state index is 0.118. The zero-order chi connectivity index (χ0) is 15.1. The molecule has 0 atom stereocenters. The Kier molecular flexibility index (Phi) is 5.74. The van der Waals surface area contributed by atoms with E-state index in [1.165, 1.54) is 6.42 Å². The van der Waals surface area contributed by atoms with Crippen molar-refractivity contribution >= 4 is 17.5 Å². The van der Waals surface area contributed by atoms with Crippen molar-refractivity contribution in [2.24, 2.45) is 0 Å². The first-order valence-electron chi connectivity index (χ1n) is 7.29. The third-order valence-corrected chi connectivity index (χ3v) is 3.43. The molecule has 116 valence electrons. The molecule has 7 heteroatoms. The molecule has 0 bridgehead atoms. The van der Waals surface area contributed by atoms with Gasteiger partial charge in [0.05, 0.1) is 6.54 Å². The van der Waals surface area contributed by atoms with Gasteiger partial charge in [0.2, 0.25) is 5.91 Å². The van der Waals surface area contributed by atoms with Crippen LogP contribution < -0.4 is 10.6 Å². The zero-order valence-electron chi connectivity index (χ0n) is 12.7. The van der Waals surface area contributed by atoms with E-state index in [1.807, 2.05) is 4.90 Å². The Morgan fingerprint density at radius 3 is 2.67 bits per heavy atom. The third-order valence-electron chi connectivity index (χ3n) is 3.43. The maximum absolute atomic E-state index is 12.1. The molecule has 2 N–H and O–H groups in total. The summed E-state index contributed by atoms with van der Waals surface area (Å²) in [5.41, 5.74) is 0. The van der Waals surface area contributed by atoms with Crippen molar-refractivity contribution < 1.29 is 9.53 Å². The van der Waals surface area contributed by atoms with Gasteiger partial charge in [-0.25, -0.2) is 9.97 Å². The predicted molar refractivity (Wildman–Crippen MR) is 81.2 cm³/mol. The van der Waals surface area contributed by atoms with E-state index in [9.17, 15) is 4.79 Å². The number of ether oxygens (including phenoxy) is 1. The molecular formula is C14H23N5O2. The lowest BCUT2D eigenvalue weighted by Gasteiger charge is -2.26. The third kappa shape index (κ3) is 4.56. The van der Waals surface area contributed by atoms with E-state index in [2.05, 4.69) is 20.6 Å². The summed E-state index contributed by atoms with van der Waals surface area (Å²) in [6.07, 6.45) is 3.41. The second kappa shape index (κ2) is 7.78. The Bertz CT molecular complexity index is 474. The van der Waals surface area contributed by atoms with Crippen molar-refractivity contribution in [1.82, 2.24) is 14.9 Å². The summed E-state index contributed by atoms with van der Waals surface area (Å²) in [7, 11) is 3.39. The van der Waals surface area contributed by atoms with Crippen molar-refractivity contribution in [3.05, 3.63) is 11.9 Å². The Morgan fingerprint density at radius 2 is 2.00 bits per heavy atom. The van der Waals surface area contributed by atoms with Crippen LogP contribution in [-0.4, -0.2) is 54.6 Å². The molecule has 1 aliphatic rings. The van der Waals surface area contributed by atoms with Gasteiger partial charge >= 0.3 is 0 Å². The maximum atomic E-state index is 12.1. The molecule has 0 aliphatic carbocycles. The van der Waals surface area contributed by atoms with Crippen molar-refractivity contribution in [3.63, 3.8) is 0 Å². The summed E-state index contributed by atoms with van der Waals surface area (Å²) in [5.74, 6) is 2.03. The number of nitrogens with one attached hydrogen (secondary N) is 2. The van der Waals surface area contributed by atoms with E-state index in [1.54, 1.807) is 20.2 Å². The topological polar surface area (TPSA) is 79.4 Å². The van der Waals surface area contributed by atoms with Gasteiger partial charge in [-0.1, -0.05) is 0 Å². The highest BCUT2D eigenvalue weighted by Crippen LogP contribution is 2.12. The average Bonchev–Trinajstić information content (AvgIpc) is 2.53. The molecule has 1 amide bonds. The Balaban J connectivity index is 1.94. The van der Waals surface area contributed by atoms with E-state index in [0.717, 1.165) is 25.9 Å². The van der Waals surface area contributed by atoms with Gasteiger partial charge in [0.1, 0.15) is 18.2 Å². The van der Waals surface area contributed by atoms with Crippen LogP contribution in [0, 0.1) is 0 Å². The van der Waals surface area contributed by atoms with Gasteiger partial charge < -0.3 is 20.3 Å². The fourth-order valence-electron chi connectivity index (χ4n) is 2.33. The smallest absolute Gasteiger partial charge is 0.241 e. The van der Waals surface area contributed by atoms with Crippen LogP contribution in [0.5, 0.6) is 0 Å². The lowest BCUT2D eigenvalue weighted by molar-refractivity contribution is -0.130. The molecule has 7 nitrogen and oxygen atoms in total. The number of aromatic nitrogens is 2. The Labute approximate surface area is 125 Å². The molecular weight excluding hydrogens is 270 g/mol. The molecule has 1 aliphatic heterocycles. The fourth-order valence-corrected chi connectivity index (χ4v) is 2.33. The van der Waals surface area contributed by atoms with Gasteiger partial charge in [-0.3, -0.25) is 4.79 Å². The van der Waals surface area contributed by atoms with Crippen molar-refractivity contribution in [2.75, 3.05) is 44.4 Å². The first-order chi connectivity index (χ1) is 10.2. The van der Waals surface area contributed by atoms with E-state index in [4.69, 9.17) is 4.74 Å². The van der Waals surface area contributed by atoms with Crippen LogP contribution in [0.15, 0.2) is 6.07 Å². The quantitative estimate of drug-likeness (QED) is 0.817. The van der Waals surface area contributed by atoms with E-state index in [-0.39, 0.29) is 12.5 Å². The number of rotatable bonds is 6. The SMILES string of the molecule is CNc1cc(NCC(=O)N2CCCCC2)nc(COC)n1. The first kappa shape index (κ1) is 15.5. The van der Waals surface area contributed by atoms with Gasteiger partial charge in [-0.05, 0) is 19.3 Å². The molecule has 0 radical (unpaired) electrons. The zero-order valence-corrected chi connectivity index (χ0v) is 12.7. The lowest BCUT2D eigenvalue weighted by Crippen LogP contribution is -2.39. The van der Waals surface area contributed by atoms with Crippen LogP contribution in [0.3, 0.4) is 0 Å². The number of hydrogen-bond acceptors (Lipinski definition) is 6. The number of anilines is 2. The standard InChI is InChI=1S/C14H23N5O2/c1-15-11-8-12(18-13(17-11)10-21-2)16-9-14(20)19-6-4-3-5-7-19/h8H,3-7,9-10H2,1-2H3,(H2,15,16,17,18). The molecule has 2 rings (SSSR count). The van der Waals surface area contributed by atoms with Crippen molar-refractivity contribution in [3.8, 4) is 0 Å². The molecule has 1 aromatic rings. The largest absolute Gasteiger partial charge is 0.377 e. The Morgan fingerprint density at radius 1 is 1.29 bits per heavy atom. The number of carbonyl (C=O) groups excluding carboxylic acids is 1. The van der Waals surface area contributed by atoms with Gasteiger partial charge in [0, 0.05) is 33.3 Å². The molecule has 2 heterocycles. The Hall–Kier alpha value is -1.89. The number of piperidine rings is 1. The molecule has 0 spiro atoms. The average molecular weight is 293 g/mol. The summed E-state index contributed by atoms with van der Waals surface area (Å²) in [4.78, 5) is 22.6. The molecule has 1 aromatic heterocycles. The van der Waals surface area contributed by atoms with Crippen molar-refractivity contribution in [2.45, 2.75) is 25.9 Å². The molecule has 0 saturated carbocycles. The van der Waals surface area contributed by atoms with Crippen LogP contribution in [0.2, 0.25) is 0 Å². The minimum Gasteiger partial charge on any atom is -0.377 e. The monoisotopic (exact) mass is 293 g/mol. The van der Waals surface area contributed by atoms with Gasteiger partial charge in [0.15, 0.2) is 5.82 Å². The highest BCUT2D eigenvalue weighted by Gasteiger charge is 2.16. The van der Waals surface area contributed by atoms with Crippen LogP contribution in [0.1, 0.15) is 25.1 Å². The highest BCUT2D eigenvalue weighted by molar-refractivity contribution is 5.80. The number of hydrogen-bond donors (Lipinski definition) is 2. The summed E-state index contributed by atoms with van der Waals surface area (Å²) in [5, 5.41) is 6.05. The second-order valence-electron chi connectivity index (χ2n) is 5.03. The van der Waals surface area contributed by atoms with Gasteiger partial charge in [-0.15, -0.1) is 0 Å². The van der Waals surface area contributed by atoms with Crippen molar-refractivity contribution in [1.29, 1.82) is 0 Å². The highest BCUT2D eigenvalue weighted by atomic mass is 16.5. The van der Waals surface area contributed by atoms with E-state index >= 15 is 0 Å². The number of likely N-dealkylation sites (tertiary alicyclic amines) is 1. The van der Waals surface area contributed by atoms with Crippen LogP contribution in [-0.2, 0) is 16.1 Å². The number of nitrogens with zero attached hydrogens (tertiary/aromatic N) is 3. The van der Waals surface area contributed by atoms with E-state index in [0.29, 0.717) is 24.1 Å². The molecule has 0 unspecified atom stereocenters. The van der Waals surface area contributed by atoms with Crippen LogP contribution >= 0.6 is 0 Å². The maximum Gasteiger partial charge on any atom is 0.241 e. The summed E-state index contributed by atoms with van der Waals surface area (Å²) in [6, 6.07) is 1.78. The fraction of sp³-hybridized carbons (Fsp3) is 0.643. The predicted octanol–water partition coefficient (Wildman–Crippen LogP) is 1.09. The minimum atomic E-state index is 0.118. The van der Waals surface area contributed by atoms with Gasteiger partial charge in [-0.2, -0.15) is 0 Å². The normalized spacial score (nSPS) is 14.9. The van der Waals surface area contributed by atoms with E-state index < -0.39 is 0 Å². The number of methoxy groups -OCH3 is 1.